The lowest BCUT2D eigenvalue weighted by atomic mass is 9.84. The minimum absolute atomic E-state index is 0.101. The summed E-state index contributed by atoms with van der Waals surface area (Å²) in [5.74, 6) is 0.154. The van der Waals surface area contributed by atoms with E-state index in [0.717, 1.165) is 20.1 Å². The van der Waals surface area contributed by atoms with Gasteiger partial charge < -0.3 is 4.42 Å². The van der Waals surface area contributed by atoms with Crippen molar-refractivity contribution in [1.82, 2.24) is 0 Å². The predicted molar refractivity (Wildman–Crippen MR) is 118 cm³/mol. The van der Waals surface area contributed by atoms with Crippen LogP contribution in [0.1, 0.15) is 32.0 Å². The van der Waals surface area contributed by atoms with E-state index >= 15 is 0 Å². The van der Waals surface area contributed by atoms with Crippen LogP contribution >= 0.6 is 31.9 Å². The Morgan fingerprint density at radius 3 is 1.66 bits per heavy atom. The van der Waals surface area contributed by atoms with E-state index < -0.39 is 0 Å². The summed E-state index contributed by atoms with van der Waals surface area (Å²) in [5, 5.41) is 0. The maximum Gasteiger partial charge on any atom is 0.229 e. The number of benzene rings is 3. The van der Waals surface area contributed by atoms with Gasteiger partial charge in [0.2, 0.25) is 5.78 Å². The first-order chi connectivity index (χ1) is 14.0. The van der Waals surface area contributed by atoms with Gasteiger partial charge in [0.05, 0.1) is 5.56 Å². The van der Waals surface area contributed by atoms with Crippen LogP contribution in [-0.2, 0) is 0 Å². The molecular formula is C24H12Br2O3. The highest BCUT2D eigenvalue weighted by molar-refractivity contribution is 9.10. The van der Waals surface area contributed by atoms with Crippen LogP contribution in [0.3, 0.4) is 0 Å². The Bertz CT molecular complexity index is 1280. The van der Waals surface area contributed by atoms with Crippen molar-refractivity contribution in [1.29, 1.82) is 0 Å². The molecule has 1 aliphatic rings. The largest absolute Gasteiger partial charge is 0.451 e. The molecule has 0 saturated heterocycles. The SMILES string of the molecule is O=C1c2ccccc2C(=O)c2c1oc(-c1ccc(Br)cc1)c2-c1ccc(Br)cc1. The fourth-order valence-corrected chi connectivity index (χ4v) is 4.17. The van der Waals surface area contributed by atoms with E-state index in [1.54, 1.807) is 24.3 Å². The van der Waals surface area contributed by atoms with Gasteiger partial charge in [0.25, 0.3) is 0 Å². The second kappa shape index (κ2) is 6.94. The van der Waals surface area contributed by atoms with E-state index in [1.165, 1.54) is 0 Å². The molecule has 0 saturated carbocycles. The molecule has 5 rings (SSSR count). The van der Waals surface area contributed by atoms with Crippen LogP contribution < -0.4 is 0 Å². The lowest BCUT2D eigenvalue weighted by Crippen LogP contribution is -2.19. The van der Waals surface area contributed by atoms with Crippen molar-refractivity contribution in [3.05, 3.63) is 104 Å². The van der Waals surface area contributed by atoms with Gasteiger partial charge in [-0.05, 0) is 29.8 Å². The average Bonchev–Trinajstić information content (AvgIpc) is 3.14. The van der Waals surface area contributed by atoms with E-state index in [0.29, 0.717) is 28.0 Å². The Kier molecular flexibility index (Phi) is 4.37. The van der Waals surface area contributed by atoms with Gasteiger partial charge in [0.1, 0.15) is 5.76 Å². The average molecular weight is 508 g/mol. The van der Waals surface area contributed by atoms with Gasteiger partial charge in [-0.15, -0.1) is 0 Å². The predicted octanol–water partition coefficient (Wildman–Crippen LogP) is 6.91. The summed E-state index contributed by atoms with van der Waals surface area (Å²) < 4.78 is 7.95. The zero-order chi connectivity index (χ0) is 20.1. The Hall–Kier alpha value is -2.76. The molecule has 3 aromatic carbocycles. The number of hydrogen-bond acceptors (Lipinski definition) is 3. The molecule has 0 unspecified atom stereocenters. The molecule has 0 amide bonds. The molecule has 5 heteroatoms. The summed E-state index contributed by atoms with van der Waals surface area (Å²) >= 11 is 6.89. The maximum atomic E-state index is 13.4. The van der Waals surface area contributed by atoms with Crippen LogP contribution in [0, 0.1) is 0 Å². The monoisotopic (exact) mass is 506 g/mol. The molecule has 0 bridgehead atoms. The molecule has 1 aliphatic carbocycles. The number of carbonyl (C=O) groups is 2. The second-order valence-electron chi connectivity index (χ2n) is 6.73. The Labute approximate surface area is 183 Å². The normalized spacial score (nSPS) is 12.6. The van der Waals surface area contributed by atoms with Gasteiger partial charge in [0.15, 0.2) is 11.5 Å². The molecule has 1 aromatic heterocycles. The van der Waals surface area contributed by atoms with Crippen molar-refractivity contribution in [3.8, 4) is 22.5 Å². The molecule has 0 radical (unpaired) electrons. The number of ketones is 2. The fourth-order valence-electron chi connectivity index (χ4n) is 3.64. The molecule has 1 heterocycles. The lowest BCUT2D eigenvalue weighted by Gasteiger charge is -2.14. The molecule has 3 nitrogen and oxygen atoms in total. The second-order valence-corrected chi connectivity index (χ2v) is 8.56. The third-order valence-corrected chi connectivity index (χ3v) is 6.05. The summed E-state index contributed by atoms with van der Waals surface area (Å²) in [6.45, 7) is 0. The van der Waals surface area contributed by atoms with E-state index in [1.807, 2.05) is 48.5 Å². The molecule has 0 spiro atoms. The lowest BCUT2D eigenvalue weighted by molar-refractivity contribution is 0.0961. The van der Waals surface area contributed by atoms with E-state index in [2.05, 4.69) is 31.9 Å². The first-order valence-electron chi connectivity index (χ1n) is 8.91. The maximum absolute atomic E-state index is 13.4. The van der Waals surface area contributed by atoms with Crippen LogP contribution in [0.5, 0.6) is 0 Å². The molecule has 0 fully saturated rings. The van der Waals surface area contributed by atoms with Gasteiger partial charge in [0, 0.05) is 31.2 Å². The molecule has 0 aliphatic heterocycles. The smallest absolute Gasteiger partial charge is 0.229 e. The minimum atomic E-state index is -0.267. The topological polar surface area (TPSA) is 47.3 Å². The van der Waals surface area contributed by atoms with Gasteiger partial charge in [-0.2, -0.15) is 0 Å². The van der Waals surface area contributed by atoms with E-state index in [-0.39, 0.29) is 17.3 Å². The van der Waals surface area contributed by atoms with Crippen LogP contribution in [0.25, 0.3) is 22.5 Å². The highest BCUT2D eigenvalue weighted by atomic mass is 79.9. The van der Waals surface area contributed by atoms with Crippen LogP contribution in [0.15, 0.2) is 86.2 Å². The summed E-state index contributed by atoms with van der Waals surface area (Å²) in [4.78, 5) is 26.5. The number of furan rings is 1. The first-order valence-corrected chi connectivity index (χ1v) is 10.5. The number of halogens is 2. The number of hydrogen-bond donors (Lipinski definition) is 0. The molecule has 140 valence electrons. The van der Waals surface area contributed by atoms with Gasteiger partial charge >= 0.3 is 0 Å². The van der Waals surface area contributed by atoms with Crippen LogP contribution in [-0.4, -0.2) is 11.6 Å². The van der Waals surface area contributed by atoms with Crippen molar-refractivity contribution in [2.75, 3.05) is 0 Å². The van der Waals surface area contributed by atoms with Gasteiger partial charge in [-0.25, -0.2) is 0 Å². The standard InChI is InChI=1S/C24H12Br2O3/c25-15-9-5-13(6-10-15)19-20-21(27)17-3-1-2-4-18(17)22(28)24(20)29-23(19)14-7-11-16(26)12-8-14/h1-12H. The number of fused-ring (bicyclic) bond motifs is 2. The third kappa shape index (κ3) is 2.93. The molecule has 29 heavy (non-hydrogen) atoms. The summed E-state index contributed by atoms with van der Waals surface area (Å²) in [6.07, 6.45) is 0. The number of carbonyl (C=O) groups excluding carboxylic acids is 2. The van der Waals surface area contributed by atoms with E-state index in [4.69, 9.17) is 4.42 Å². The first kappa shape index (κ1) is 18.3. The van der Waals surface area contributed by atoms with Crippen LogP contribution in [0.4, 0.5) is 0 Å². The van der Waals surface area contributed by atoms with E-state index in [9.17, 15) is 9.59 Å². The molecule has 4 aromatic rings. The summed E-state index contributed by atoms with van der Waals surface area (Å²) in [5.41, 5.74) is 3.37. The Morgan fingerprint density at radius 1 is 0.552 bits per heavy atom. The minimum Gasteiger partial charge on any atom is -0.451 e. The third-order valence-electron chi connectivity index (χ3n) is 5.00. The molecule has 0 N–H and O–H groups in total. The van der Waals surface area contributed by atoms with Crippen molar-refractivity contribution in [2.24, 2.45) is 0 Å². The van der Waals surface area contributed by atoms with Crippen LogP contribution in [0.2, 0.25) is 0 Å². The van der Waals surface area contributed by atoms with Gasteiger partial charge in [-0.3, -0.25) is 9.59 Å². The zero-order valence-electron chi connectivity index (χ0n) is 14.9. The van der Waals surface area contributed by atoms with Crippen molar-refractivity contribution >= 4 is 43.4 Å². The quantitative estimate of drug-likeness (QED) is 0.260. The molecule has 0 atom stereocenters. The fraction of sp³-hybridized carbons (Fsp3) is 0. The Morgan fingerprint density at radius 2 is 1.07 bits per heavy atom. The highest BCUT2D eigenvalue weighted by Gasteiger charge is 2.37. The van der Waals surface area contributed by atoms with Crippen molar-refractivity contribution in [3.63, 3.8) is 0 Å². The summed E-state index contributed by atoms with van der Waals surface area (Å²) in [6, 6.07) is 22.1. The van der Waals surface area contributed by atoms with Crippen molar-refractivity contribution < 1.29 is 14.0 Å². The zero-order valence-corrected chi connectivity index (χ0v) is 18.1. The molecular weight excluding hydrogens is 496 g/mol. The number of rotatable bonds is 2. The van der Waals surface area contributed by atoms with Gasteiger partial charge in [-0.1, -0.05) is 80.4 Å². The Balaban J connectivity index is 1.83. The highest BCUT2D eigenvalue weighted by Crippen LogP contribution is 2.43. The summed E-state index contributed by atoms with van der Waals surface area (Å²) in [7, 11) is 0. The van der Waals surface area contributed by atoms with Crippen molar-refractivity contribution in [2.45, 2.75) is 0 Å².